The fourth-order valence-corrected chi connectivity index (χ4v) is 2.77. The van der Waals surface area contributed by atoms with Gasteiger partial charge < -0.3 is 14.2 Å². The van der Waals surface area contributed by atoms with E-state index in [1.165, 1.54) is 25.6 Å². The average molecular weight is 308 g/mol. The van der Waals surface area contributed by atoms with Gasteiger partial charge in [-0.3, -0.25) is 9.59 Å². The van der Waals surface area contributed by atoms with Gasteiger partial charge in [-0.1, -0.05) is 30.0 Å². The molecule has 1 aliphatic rings. The summed E-state index contributed by atoms with van der Waals surface area (Å²) in [6.07, 6.45) is 1.08. The van der Waals surface area contributed by atoms with Gasteiger partial charge in [0.25, 0.3) is 0 Å². The lowest BCUT2D eigenvalue weighted by atomic mass is 10.2. The number of carbonyl (C=O) groups excluding carboxylic acids is 2. The highest BCUT2D eigenvalue weighted by Gasteiger charge is 2.28. The van der Waals surface area contributed by atoms with Crippen LogP contribution < -0.4 is 0 Å². The molecule has 1 aromatic carbocycles. The van der Waals surface area contributed by atoms with E-state index in [0.717, 1.165) is 4.90 Å². The number of hydrogen-bond donors (Lipinski definition) is 0. The number of ether oxygens (including phenoxy) is 3. The molecule has 0 N–H and O–H groups in total. The lowest BCUT2D eigenvalue weighted by Gasteiger charge is -2.27. The standard InChI is InChI=1S/C15H16O5S/c1-10(16)19-12-8-14(20-11(2)17)15(18-9-12)21-13-6-4-3-5-7-13/h3-8,12,15H,9H2,1-2H3/t12-,15+/m0/s1. The SMILES string of the molecule is CC(=O)OC1=C[C@H](OC(C)=O)CO[C@@H]1Sc1ccccc1. The second-order valence-electron chi connectivity index (χ2n) is 4.41. The van der Waals surface area contributed by atoms with Crippen LogP contribution in [0.25, 0.3) is 0 Å². The minimum absolute atomic E-state index is 0.231. The normalized spacial score (nSPS) is 21.3. The van der Waals surface area contributed by atoms with Crippen molar-refractivity contribution in [2.75, 3.05) is 6.61 Å². The Morgan fingerprint density at radius 2 is 1.90 bits per heavy atom. The van der Waals surface area contributed by atoms with E-state index < -0.39 is 23.5 Å². The van der Waals surface area contributed by atoms with Crippen molar-refractivity contribution in [2.24, 2.45) is 0 Å². The molecule has 0 saturated carbocycles. The molecule has 0 radical (unpaired) electrons. The molecule has 1 heterocycles. The molecule has 0 bridgehead atoms. The van der Waals surface area contributed by atoms with Crippen LogP contribution >= 0.6 is 11.8 Å². The fraction of sp³-hybridized carbons (Fsp3) is 0.333. The van der Waals surface area contributed by atoms with Crippen LogP contribution in [-0.4, -0.2) is 30.1 Å². The number of carbonyl (C=O) groups is 2. The van der Waals surface area contributed by atoms with E-state index in [1.54, 1.807) is 6.08 Å². The number of rotatable bonds is 4. The summed E-state index contributed by atoms with van der Waals surface area (Å²) in [5, 5.41) is 0. The van der Waals surface area contributed by atoms with Crippen LogP contribution in [0.4, 0.5) is 0 Å². The van der Waals surface area contributed by atoms with Gasteiger partial charge in [0, 0.05) is 24.8 Å². The molecule has 0 spiro atoms. The van der Waals surface area contributed by atoms with Crippen molar-refractivity contribution in [2.45, 2.75) is 30.3 Å². The zero-order valence-corrected chi connectivity index (χ0v) is 12.6. The molecule has 0 fully saturated rings. The molecule has 0 aromatic heterocycles. The van der Waals surface area contributed by atoms with Gasteiger partial charge in [-0.05, 0) is 12.1 Å². The Kier molecular flexibility index (Phi) is 5.41. The van der Waals surface area contributed by atoms with Crippen molar-refractivity contribution in [3.63, 3.8) is 0 Å². The second kappa shape index (κ2) is 7.28. The van der Waals surface area contributed by atoms with E-state index in [9.17, 15) is 9.59 Å². The minimum Gasteiger partial charge on any atom is -0.456 e. The number of benzene rings is 1. The smallest absolute Gasteiger partial charge is 0.307 e. The molecule has 0 unspecified atom stereocenters. The third-order valence-corrected chi connectivity index (χ3v) is 3.69. The van der Waals surface area contributed by atoms with Crippen molar-refractivity contribution in [1.82, 2.24) is 0 Å². The zero-order valence-electron chi connectivity index (χ0n) is 11.8. The minimum atomic E-state index is -0.538. The summed E-state index contributed by atoms with van der Waals surface area (Å²) in [5.74, 6) is -0.489. The molecule has 112 valence electrons. The van der Waals surface area contributed by atoms with Gasteiger partial charge in [0.15, 0.2) is 5.44 Å². The van der Waals surface area contributed by atoms with Crippen LogP contribution in [0.2, 0.25) is 0 Å². The molecule has 0 aliphatic carbocycles. The van der Waals surface area contributed by atoms with E-state index in [2.05, 4.69) is 0 Å². The molecule has 0 amide bonds. The molecular formula is C15H16O5S. The molecule has 1 aromatic rings. The van der Waals surface area contributed by atoms with Crippen LogP contribution in [-0.2, 0) is 23.8 Å². The largest absolute Gasteiger partial charge is 0.456 e. The van der Waals surface area contributed by atoms with Crippen molar-refractivity contribution in [1.29, 1.82) is 0 Å². The molecule has 2 rings (SSSR count). The Morgan fingerprint density at radius 3 is 2.52 bits per heavy atom. The van der Waals surface area contributed by atoms with E-state index in [1.807, 2.05) is 30.3 Å². The first-order valence-corrected chi connectivity index (χ1v) is 7.33. The first-order valence-electron chi connectivity index (χ1n) is 6.45. The maximum Gasteiger partial charge on any atom is 0.307 e. The van der Waals surface area contributed by atoms with Gasteiger partial charge in [0.2, 0.25) is 0 Å². The van der Waals surface area contributed by atoms with Crippen molar-refractivity contribution >= 4 is 23.7 Å². The molecular weight excluding hydrogens is 292 g/mol. The Bertz CT molecular complexity index is 540. The van der Waals surface area contributed by atoms with Gasteiger partial charge in [0.1, 0.15) is 11.9 Å². The number of esters is 2. The molecule has 2 atom stereocenters. The van der Waals surface area contributed by atoms with Crippen LogP contribution in [0.1, 0.15) is 13.8 Å². The van der Waals surface area contributed by atoms with Gasteiger partial charge >= 0.3 is 11.9 Å². The quantitative estimate of drug-likeness (QED) is 0.797. The summed E-state index contributed by atoms with van der Waals surface area (Å²) in [6, 6.07) is 9.64. The average Bonchev–Trinajstić information content (AvgIpc) is 2.41. The third kappa shape index (κ3) is 4.91. The highest BCUT2D eigenvalue weighted by molar-refractivity contribution is 8.00. The summed E-state index contributed by atoms with van der Waals surface area (Å²) in [6.45, 7) is 2.87. The first-order chi connectivity index (χ1) is 10.0. The predicted molar refractivity (Wildman–Crippen MR) is 77.4 cm³/mol. The summed E-state index contributed by atoms with van der Waals surface area (Å²) in [4.78, 5) is 23.2. The zero-order chi connectivity index (χ0) is 15.2. The molecule has 21 heavy (non-hydrogen) atoms. The van der Waals surface area contributed by atoms with Crippen LogP contribution in [0.5, 0.6) is 0 Å². The molecule has 0 saturated heterocycles. The van der Waals surface area contributed by atoms with Crippen LogP contribution in [0, 0.1) is 0 Å². The monoisotopic (exact) mass is 308 g/mol. The van der Waals surface area contributed by atoms with Crippen LogP contribution in [0.3, 0.4) is 0 Å². The Hall–Kier alpha value is -1.79. The predicted octanol–water partition coefficient (Wildman–Crippen LogP) is 2.51. The fourth-order valence-electron chi connectivity index (χ4n) is 1.82. The van der Waals surface area contributed by atoms with Gasteiger partial charge in [-0.15, -0.1) is 0 Å². The maximum absolute atomic E-state index is 11.2. The lowest BCUT2D eigenvalue weighted by molar-refractivity contribution is -0.148. The Morgan fingerprint density at radius 1 is 1.19 bits per heavy atom. The van der Waals surface area contributed by atoms with E-state index >= 15 is 0 Å². The lowest BCUT2D eigenvalue weighted by Crippen LogP contribution is -2.31. The summed E-state index contributed by atoms with van der Waals surface area (Å²) in [7, 11) is 0. The third-order valence-electron chi connectivity index (χ3n) is 2.56. The Labute approximate surface area is 127 Å². The molecule has 5 nitrogen and oxygen atoms in total. The van der Waals surface area contributed by atoms with Gasteiger partial charge in [-0.2, -0.15) is 0 Å². The molecule has 1 aliphatic heterocycles. The van der Waals surface area contributed by atoms with Crippen molar-refractivity contribution in [3.05, 3.63) is 42.2 Å². The number of hydrogen-bond acceptors (Lipinski definition) is 6. The second-order valence-corrected chi connectivity index (χ2v) is 5.54. The molecule has 6 heteroatoms. The van der Waals surface area contributed by atoms with E-state index in [0.29, 0.717) is 5.76 Å². The van der Waals surface area contributed by atoms with Crippen molar-refractivity contribution in [3.8, 4) is 0 Å². The first kappa shape index (κ1) is 15.6. The van der Waals surface area contributed by atoms with Crippen molar-refractivity contribution < 1.29 is 23.8 Å². The van der Waals surface area contributed by atoms with E-state index in [4.69, 9.17) is 14.2 Å². The maximum atomic E-state index is 11.2. The highest BCUT2D eigenvalue weighted by atomic mass is 32.2. The summed E-state index contributed by atoms with van der Waals surface area (Å²) >= 11 is 1.43. The topological polar surface area (TPSA) is 61.8 Å². The highest BCUT2D eigenvalue weighted by Crippen LogP contribution is 2.32. The Balaban J connectivity index is 2.12. The van der Waals surface area contributed by atoms with Gasteiger partial charge in [-0.25, -0.2) is 0 Å². The summed E-state index contributed by atoms with van der Waals surface area (Å²) in [5.41, 5.74) is -0.442. The van der Waals surface area contributed by atoms with Crippen LogP contribution in [0.15, 0.2) is 47.1 Å². The number of thioether (sulfide) groups is 1. The van der Waals surface area contributed by atoms with E-state index in [-0.39, 0.29) is 6.61 Å². The summed E-state index contributed by atoms with van der Waals surface area (Å²) < 4.78 is 15.9. The van der Waals surface area contributed by atoms with Gasteiger partial charge in [0.05, 0.1) is 6.61 Å².